The predicted molar refractivity (Wildman–Crippen MR) is 251 cm³/mol. The molecule has 60 heavy (non-hydrogen) atoms. The van der Waals surface area contributed by atoms with Gasteiger partial charge in [-0.25, -0.2) is 0 Å². The van der Waals surface area contributed by atoms with Crippen molar-refractivity contribution in [2.45, 2.75) is 51.9 Å². The lowest BCUT2D eigenvalue weighted by Crippen LogP contribution is -2.18. The smallest absolute Gasteiger partial charge is 0.134 e. The van der Waals surface area contributed by atoms with Gasteiger partial charge in [0.15, 0.2) is 0 Å². The maximum Gasteiger partial charge on any atom is 0.134 e. The van der Waals surface area contributed by atoms with Crippen molar-refractivity contribution < 1.29 is 4.74 Å². The first-order valence-corrected chi connectivity index (χ1v) is 21.7. The standard InChI is InChI=1S/C58H49NO/c1-38-35-52(43-15-8-5-9-16-43)57-53(36-38)51-19-12-18-48(56(51)60-57)44-27-31-46(32-28-44)59(47-33-34-50-49-17-10-11-20-54(49)58(2,3)55(50)37-47)45-29-25-42(26-30-45)41-23-21-40(22-24-41)39-13-6-4-7-14-39/h4-9,11-16,18,20-35,37-38,51H,10,17,19,36H2,1-3H3/t38?,51-/m0/s1. The highest BCUT2D eigenvalue weighted by atomic mass is 16.5. The van der Waals surface area contributed by atoms with Crippen LogP contribution in [0.1, 0.15) is 68.7 Å². The van der Waals surface area contributed by atoms with Gasteiger partial charge in [-0.05, 0) is 129 Å². The van der Waals surface area contributed by atoms with Crippen molar-refractivity contribution in [2.75, 3.05) is 4.90 Å². The lowest BCUT2D eigenvalue weighted by atomic mass is 9.79. The summed E-state index contributed by atoms with van der Waals surface area (Å²) in [6, 6.07) is 55.7. The van der Waals surface area contributed by atoms with Gasteiger partial charge in [0.2, 0.25) is 0 Å². The fourth-order valence-electron chi connectivity index (χ4n) is 10.4. The Morgan fingerprint density at radius 2 is 1.18 bits per heavy atom. The number of nitrogens with zero attached hydrogens (tertiary/aromatic N) is 1. The molecule has 1 aliphatic heterocycles. The molecule has 2 heteroatoms. The number of fused-ring (bicyclic) bond motifs is 4. The average Bonchev–Trinajstić information content (AvgIpc) is 3.79. The van der Waals surface area contributed by atoms with E-state index in [-0.39, 0.29) is 11.3 Å². The molecule has 292 valence electrons. The molecule has 11 rings (SSSR count). The number of hydrogen-bond acceptors (Lipinski definition) is 2. The maximum atomic E-state index is 6.97. The number of anilines is 3. The van der Waals surface area contributed by atoms with Crippen molar-refractivity contribution in [1.82, 2.24) is 0 Å². The van der Waals surface area contributed by atoms with Crippen LogP contribution in [0.5, 0.6) is 0 Å². The van der Waals surface area contributed by atoms with E-state index in [0.717, 1.165) is 48.6 Å². The van der Waals surface area contributed by atoms with Gasteiger partial charge < -0.3 is 9.64 Å². The Hall–Kier alpha value is -6.64. The van der Waals surface area contributed by atoms with Crippen LogP contribution in [0.3, 0.4) is 0 Å². The third kappa shape index (κ3) is 6.16. The zero-order valence-electron chi connectivity index (χ0n) is 34.7. The van der Waals surface area contributed by atoms with E-state index in [0.29, 0.717) is 5.92 Å². The van der Waals surface area contributed by atoms with E-state index in [9.17, 15) is 0 Å². The molecule has 1 unspecified atom stereocenters. The summed E-state index contributed by atoms with van der Waals surface area (Å²) in [7, 11) is 0. The molecule has 2 atom stereocenters. The molecule has 0 amide bonds. The van der Waals surface area contributed by atoms with Gasteiger partial charge in [-0.2, -0.15) is 0 Å². The van der Waals surface area contributed by atoms with Crippen LogP contribution in [0.25, 0.3) is 39.0 Å². The summed E-state index contributed by atoms with van der Waals surface area (Å²) in [6.45, 7) is 7.11. The number of hydrogen-bond donors (Lipinski definition) is 0. The molecule has 0 spiro atoms. The summed E-state index contributed by atoms with van der Waals surface area (Å²) in [4.78, 5) is 2.43. The molecule has 6 aromatic carbocycles. The van der Waals surface area contributed by atoms with Gasteiger partial charge in [0.1, 0.15) is 11.5 Å². The van der Waals surface area contributed by atoms with Crippen molar-refractivity contribution in [1.29, 1.82) is 0 Å². The second kappa shape index (κ2) is 14.6. The zero-order valence-corrected chi connectivity index (χ0v) is 34.7. The number of benzene rings is 6. The van der Waals surface area contributed by atoms with Crippen molar-refractivity contribution in [3.63, 3.8) is 0 Å². The van der Waals surface area contributed by atoms with Gasteiger partial charge in [-0.3, -0.25) is 0 Å². The lowest BCUT2D eigenvalue weighted by molar-refractivity contribution is 0.322. The maximum absolute atomic E-state index is 6.97. The Morgan fingerprint density at radius 3 is 1.85 bits per heavy atom. The van der Waals surface area contributed by atoms with Gasteiger partial charge in [0.05, 0.1) is 0 Å². The summed E-state index contributed by atoms with van der Waals surface area (Å²) in [5, 5.41) is 0. The third-order valence-electron chi connectivity index (χ3n) is 13.5. The normalized spacial score (nSPS) is 19.7. The predicted octanol–water partition coefficient (Wildman–Crippen LogP) is 15.6. The van der Waals surface area contributed by atoms with Crippen LogP contribution in [0, 0.1) is 11.8 Å². The first-order valence-electron chi connectivity index (χ1n) is 21.7. The first-order chi connectivity index (χ1) is 29.4. The van der Waals surface area contributed by atoms with Gasteiger partial charge in [-0.1, -0.05) is 166 Å². The zero-order chi connectivity index (χ0) is 40.4. The summed E-state index contributed by atoms with van der Waals surface area (Å²) >= 11 is 0. The van der Waals surface area contributed by atoms with Gasteiger partial charge in [0, 0.05) is 39.5 Å². The van der Waals surface area contributed by atoms with Gasteiger partial charge in [-0.15, -0.1) is 0 Å². The summed E-state index contributed by atoms with van der Waals surface area (Å²) in [6.07, 6.45) is 16.0. The quantitative estimate of drug-likeness (QED) is 0.160. The molecule has 2 nitrogen and oxygen atoms in total. The molecule has 1 heterocycles. The van der Waals surface area contributed by atoms with Crippen molar-refractivity contribution in [3.05, 3.63) is 227 Å². The highest BCUT2D eigenvalue weighted by Gasteiger charge is 2.40. The van der Waals surface area contributed by atoms with Crippen LogP contribution >= 0.6 is 0 Å². The van der Waals surface area contributed by atoms with Crippen LogP contribution in [-0.4, -0.2) is 0 Å². The van der Waals surface area contributed by atoms with E-state index in [2.05, 4.69) is 208 Å². The topological polar surface area (TPSA) is 12.5 Å². The number of rotatable bonds is 7. The van der Waals surface area contributed by atoms with E-state index in [1.54, 1.807) is 0 Å². The minimum atomic E-state index is -0.0531. The molecular weight excluding hydrogens is 727 g/mol. The highest BCUT2D eigenvalue weighted by molar-refractivity contribution is 5.88. The Bertz CT molecular complexity index is 2830. The summed E-state index contributed by atoms with van der Waals surface area (Å²) < 4.78 is 6.97. The Kier molecular flexibility index (Phi) is 8.85. The Labute approximate surface area is 354 Å². The molecular formula is C58H49NO. The molecule has 5 aliphatic rings. The summed E-state index contributed by atoms with van der Waals surface area (Å²) in [5.41, 5.74) is 20.3. The van der Waals surface area contributed by atoms with E-state index in [1.807, 2.05) is 0 Å². The monoisotopic (exact) mass is 775 g/mol. The molecule has 0 aromatic heterocycles. The summed E-state index contributed by atoms with van der Waals surface area (Å²) in [5.74, 6) is 2.92. The van der Waals surface area contributed by atoms with Crippen molar-refractivity contribution >= 4 is 33.8 Å². The van der Waals surface area contributed by atoms with Crippen LogP contribution in [0.2, 0.25) is 0 Å². The van der Waals surface area contributed by atoms with Crippen LogP contribution in [0.15, 0.2) is 205 Å². The number of allylic oxidation sites excluding steroid dienone is 10. The molecule has 0 saturated carbocycles. The van der Waals surface area contributed by atoms with Crippen LogP contribution < -0.4 is 4.90 Å². The molecule has 0 bridgehead atoms. The molecule has 0 radical (unpaired) electrons. The third-order valence-corrected chi connectivity index (χ3v) is 13.5. The molecule has 0 fully saturated rings. The fraction of sp³-hybridized carbons (Fsp3) is 0.172. The van der Waals surface area contributed by atoms with E-state index < -0.39 is 0 Å². The second-order valence-electron chi connectivity index (χ2n) is 17.6. The Balaban J connectivity index is 0.950. The van der Waals surface area contributed by atoms with Crippen LogP contribution in [0.4, 0.5) is 17.1 Å². The number of ether oxygens (including phenoxy) is 1. The second-order valence-corrected chi connectivity index (χ2v) is 17.6. The first kappa shape index (κ1) is 36.4. The van der Waals surface area contributed by atoms with Crippen molar-refractivity contribution in [2.24, 2.45) is 11.8 Å². The minimum absolute atomic E-state index is 0.0531. The lowest BCUT2D eigenvalue weighted by Gasteiger charge is -2.29. The molecule has 0 saturated heterocycles. The highest BCUT2D eigenvalue weighted by Crippen LogP contribution is 2.53. The Morgan fingerprint density at radius 1 is 0.600 bits per heavy atom. The van der Waals surface area contributed by atoms with E-state index in [4.69, 9.17) is 4.74 Å². The van der Waals surface area contributed by atoms with Crippen molar-refractivity contribution in [3.8, 4) is 22.3 Å². The van der Waals surface area contributed by atoms with Crippen LogP contribution in [-0.2, 0) is 10.2 Å². The molecule has 0 N–H and O–H groups in total. The van der Waals surface area contributed by atoms with E-state index >= 15 is 0 Å². The van der Waals surface area contributed by atoms with Gasteiger partial charge in [0.25, 0.3) is 0 Å². The average molecular weight is 776 g/mol. The minimum Gasteiger partial charge on any atom is -0.460 e. The largest absolute Gasteiger partial charge is 0.460 e. The molecule has 4 aliphatic carbocycles. The molecule has 6 aromatic rings. The van der Waals surface area contributed by atoms with Gasteiger partial charge >= 0.3 is 0 Å². The fourth-order valence-corrected chi connectivity index (χ4v) is 10.4. The van der Waals surface area contributed by atoms with E-state index in [1.165, 1.54) is 78.1 Å². The SMILES string of the molecule is CC1C=C(c2ccccc2)C2=C(C1)[C@@H]1CC=CC(c3ccc(N(c4ccc(-c5ccc(-c6ccccc6)cc5)cc4)c4ccc5c(c4)C(C)(C)C4=C5CCC=C4)cc3)=C1O2.